The van der Waals surface area contributed by atoms with Gasteiger partial charge in [-0.05, 0) is 38.3 Å². The Morgan fingerprint density at radius 1 is 1.28 bits per heavy atom. The Bertz CT molecular complexity index is 870. The molecule has 25 heavy (non-hydrogen) atoms. The van der Waals surface area contributed by atoms with Crippen molar-refractivity contribution in [2.75, 3.05) is 10.6 Å². The smallest absolute Gasteiger partial charge is 0.270 e. The maximum atomic E-state index is 12.9. The van der Waals surface area contributed by atoms with Crippen molar-refractivity contribution >= 4 is 21.6 Å². The number of aryl methyl sites for hydroxylation is 3. The summed E-state index contributed by atoms with van der Waals surface area (Å²) in [7, 11) is -2.12. The summed E-state index contributed by atoms with van der Waals surface area (Å²) in [6.45, 7) is 5.50. The average molecular weight is 364 g/mol. The Morgan fingerprint density at radius 2 is 1.96 bits per heavy atom. The highest BCUT2D eigenvalue weighted by Crippen LogP contribution is 2.27. The number of hydrogen-bond donors (Lipinski definition) is 0. The van der Waals surface area contributed by atoms with E-state index in [1.54, 1.807) is 37.8 Å². The fourth-order valence-corrected chi connectivity index (χ4v) is 3.65. The van der Waals surface area contributed by atoms with Crippen molar-refractivity contribution in [3.05, 3.63) is 41.0 Å². The third-order valence-corrected chi connectivity index (χ3v) is 5.06. The van der Waals surface area contributed by atoms with Crippen LogP contribution in [0.15, 0.2) is 18.3 Å². The van der Waals surface area contributed by atoms with Crippen LogP contribution < -0.4 is 4.31 Å². The predicted molar refractivity (Wildman–Crippen MR) is 97.2 cm³/mol. The van der Waals surface area contributed by atoms with Crippen LogP contribution in [0.5, 0.6) is 0 Å². The van der Waals surface area contributed by atoms with Crippen LogP contribution in [0.4, 0.5) is 5.69 Å². The molecule has 0 radical (unpaired) electrons. The van der Waals surface area contributed by atoms with Crippen LogP contribution in [0.3, 0.4) is 0 Å². The highest BCUT2D eigenvalue weighted by atomic mass is 32.2. The Hall–Kier alpha value is -2.22. The van der Waals surface area contributed by atoms with Gasteiger partial charge in [0.15, 0.2) is 0 Å². The SMILES string of the molecule is CCCCc1ccc(C(=O)N(c2c(C)nn(C)c2C)S(C)(=O)=O)nc1. The molecule has 0 saturated heterocycles. The van der Waals surface area contributed by atoms with Crippen LogP contribution in [0.25, 0.3) is 0 Å². The number of carbonyl (C=O) groups excluding carboxylic acids is 1. The molecule has 2 aromatic heterocycles. The number of aromatic nitrogens is 3. The Kier molecular flexibility index (Phi) is 5.62. The first-order valence-electron chi connectivity index (χ1n) is 8.16. The minimum absolute atomic E-state index is 0.0910. The second kappa shape index (κ2) is 7.35. The minimum atomic E-state index is -3.83. The number of hydrogen-bond acceptors (Lipinski definition) is 5. The van der Waals surface area contributed by atoms with E-state index < -0.39 is 15.9 Å². The van der Waals surface area contributed by atoms with Crippen LogP contribution >= 0.6 is 0 Å². The number of pyridine rings is 1. The second-order valence-electron chi connectivity index (χ2n) is 6.13. The van der Waals surface area contributed by atoms with Gasteiger partial charge in [0, 0.05) is 13.2 Å². The van der Waals surface area contributed by atoms with Gasteiger partial charge in [-0.2, -0.15) is 9.40 Å². The molecule has 2 heterocycles. The summed E-state index contributed by atoms with van der Waals surface area (Å²) in [5, 5.41) is 4.21. The van der Waals surface area contributed by atoms with Crippen LogP contribution in [0.1, 0.15) is 47.2 Å². The van der Waals surface area contributed by atoms with Gasteiger partial charge in [-0.3, -0.25) is 14.5 Å². The molecule has 2 aromatic rings. The molecule has 2 rings (SSSR count). The van der Waals surface area contributed by atoms with E-state index in [1.807, 2.05) is 6.07 Å². The lowest BCUT2D eigenvalue weighted by atomic mass is 10.1. The number of carbonyl (C=O) groups is 1. The van der Waals surface area contributed by atoms with Crippen molar-refractivity contribution in [1.82, 2.24) is 14.8 Å². The number of amides is 1. The zero-order valence-electron chi connectivity index (χ0n) is 15.3. The van der Waals surface area contributed by atoms with Crippen molar-refractivity contribution < 1.29 is 13.2 Å². The van der Waals surface area contributed by atoms with E-state index in [9.17, 15) is 13.2 Å². The largest absolute Gasteiger partial charge is 0.290 e. The molecule has 0 aliphatic rings. The summed E-state index contributed by atoms with van der Waals surface area (Å²) in [6, 6.07) is 3.39. The summed E-state index contributed by atoms with van der Waals surface area (Å²) in [5.41, 5.74) is 2.47. The van der Waals surface area contributed by atoms with Gasteiger partial charge < -0.3 is 0 Å². The van der Waals surface area contributed by atoms with Crippen molar-refractivity contribution in [2.45, 2.75) is 40.0 Å². The molecule has 0 fully saturated rings. The quantitative estimate of drug-likeness (QED) is 0.785. The molecule has 0 aromatic carbocycles. The van der Waals surface area contributed by atoms with Crippen LogP contribution in [0.2, 0.25) is 0 Å². The number of anilines is 1. The molecule has 1 amide bonds. The molecule has 0 atom stereocenters. The lowest BCUT2D eigenvalue weighted by molar-refractivity contribution is 0.100. The van der Waals surface area contributed by atoms with Gasteiger partial charge in [0.25, 0.3) is 5.91 Å². The molecule has 0 N–H and O–H groups in total. The van der Waals surface area contributed by atoms with Gasteiger partial charge in [0.1, 0.15) is 11.4 Å². The monoisotopic (exact) mass is 364 g/mol. The molecular formula is C17H24N4O3S. The van der Waals surface area contributed by atoms with E-state index in [-0.39, 0.29) is 11.4 Å². The Morgan fingerprint density at radius 3 is 2.40 bits per heavy atom. The molecule has 0 aliphatic heterocycles. The first-order valence-corrected chi connectivity index (χ1v) is 10.0. The number of rotatable bonds is 6. The summed E-state index contributed by atoms with van der Waals surface area (Å²) in [4.78, 5) is 17.1. The van der Waals surface area contributed by atoms with E-state index in [4.69, 9.17) is 0 Å². The van der Waals surface area contributed by atoms with Crippen molar-refractivity contribution in [3.8, 4) is 0 Å². The molecule has 136 valence electrons. The number of nitrogens with zero attached hydrogens (tertiary/aromatic N) is 4. The van der Waals surface area contributed by atoms with Gasteiger partial charge in [0.05, 0.1) is 17.6 Å². The lowest BCUT2D eigenvalue weighted by Crippen LogP contribution is -2.37. The minimum Gasteiger partial charge on any atom is -0.270 e. The van der Waals surface area contributed by atoms with Crippen molar-refractivity contribution in [2.24, 2.45) is 7.05 Å². The lowest BCUT2D eigenvalue weighted by Gasteiger charge is -2.20. The highest BCUT2D eigenvalue weighted by molar-refractivity contribution is 7.92. The molecule has 7 nitrogen and oxygen atoms in total. The van der Waals surface area contributed by atoms with Crippen molar-refractivity contribution in [1.29, 1.82) is 0 Å². The van der Waals surface area contributed by atoms with Gasteiger partial charge in [-0.25, -0.2) is 8.42 Å². The van der Waals surface area contributed by atoms with E-state index in [1.165, 1.54) is 0 Å². The number of sulfonamides is 1. The summed E-state index contributed by atoms with van der Waals surface area (Å²) in [5.74, 6) is -0.677. The Balaban J connectivity index is 2.44. The van der Waals surface area contributed by atoms with E-state index in [0.29, 0.717) is 11.4 Å². The first-order chi connectivity index (χ1) is 11.7. The zero-order chi connectivity index (χ0) is 18.8. The third kappa shape index (κ3) is 4.07. The van der Waals surface area contributed by atoms with Crippen LogP contribution in [-0.4, -0.2) is 35.3 Å². The van der Waals surface area contributed by atoms with Gasteiger partial charge in [-0.1, -0.05) is 19.4 Å². The molecule has 0 saturated carbocycles. The zero-order valence-corrected chi connectivity index (χ0v) is 16.1. The maximum Gasteiger partial charge on any atom is 0.290 e. The summed E-state index contributed by atoms with van der Waals surface area (Å²) in [6.07, 6.45) is 5.63. The number of unbranched alkanes of at least 4 members (excludes halogenated alkanes) is 1. The average Bonchev–Trinajstić information content (AvgIpc) is 2.78. The molecule has 0 unspecified atom stereocenters. The van der Waals surface area contributed by atoms with Crippen LogP contribution in [-0.2, 0) is 23.5 Å². The molecule has 0 spiro atoms. The van der Waals surface area contributed by atoms with E-state index in [2.05, 4.69) is 17.0 Å². The van der Waals surface area contributed by atoms with Crippen molar-refractivity contribution in [3.63, 3.8) is 0 Å². The van der Waals surface area contributed by atoms with E-state index >= 15 is 0 Å². The predicted octanol–water partition coefficient (Wildman–Crippen LogP) is 2.38. The Labute approximate surface area is 148 Å². The van der Waals surface area contributed by atoms with E-state index in [0.717, 1.165) is 35.4 Å². The molecular weight excluding hydrogens is 340 g/mol. The standard InChI is InChI=1S/C17H24N4O3S/c1-6-7-8-14-9-10-15(18-11-14)17(22)21(25(5,23)24)16-12(2)19-20(4)13(16)3/h9-11H,6-8H2,1-5H3. The van der Waals surface area contributed by atoms with Gasteiger partial charge in [0.2, 0.25) is 10.0 Å². The normalized spacial score (nSPS) is 11.6. The summed E-state index contributed by atoms with van der Waals surface area (Å²) < 4.78 is 27.0. The van der Waals surface area contributed by atoms with Gasteiger partial charge >= 0.3 is 0 Å². The second-order valence-corrected chi connectivity index (χ2v) is 7.96. The van der Waals surface area contributed by atoms with Crippen LogP contribution in [0, 0.1) is 13.8 Å². The third-order valence-electron chi connectivity index (χ3n) is 4.05. The fraction of sp³-hybridized carbons (Fsp3) is 0.471. The molecule has 8 heteroatoms. The van der Waals surface area contributed by atoms with Gasteiger partial charge in [-0.15, -0.1) is 0 Å². The highest BCUT2D eigenvalue weighted by Gasteiger charge is 2.32. The first kappa shape index (κ1) is 19.1. The fourth-order valence-electron chi connectivity index (χ4n) is 2.66. The summed E-state index contributed by atoms with van der Waals surface area (Å²) >= 11 is 0. The topological polar surface area (TPSA) is 85.2 Å². The maximum absolute atomic E-state index is 12.9. The molecule has 0 bridgehead atoms. The molecule has 0 aliphatic carbocycles.